The molecule has 3 N–H and O–H groups in total. The molecule has 8 nitrogen and oxygen atoms in total. The summed E-state index contributed by atoms with van der Waals surface area (Å²) in [6.45, 7) is 4.39. The van der Waals surface area contributed by atoms with Gasteiger partial charge in [0.05, 0.1) is 28.5 Å². The summed E-state index contributed by atoms with van der Waals surface area (Å²) in [5, 5.41) is 11.3. The summed E-state index contributed by atoms with van der Waals surface area (Å²) in [5.74, 6) is 0.760. The standard InChI is InChI=1S/C23H24N6O2/c1-13(2)20(21-24-17-9-5-6-10-18(17)25-21)26-23(31)14-11-19(30)29(12-14)22-15-7-3-4-8-16(15)27-28-22/h3-10,13-14,20H,11-12H2,1-2H3,(H,24,25)(H,26,31)(H,27,28)/t14-,20+/m1/s1. The lowest BCUT2D eigenvalue weighted by Gasteiger charge is -2.22. The van der Waals surface area contributed by atoms with Crippen LogP contribution in [-0.4, -0.2) is 38.5 Å². The van der Waals surface area contributed by atoms with Gasteiger partial charge in [-0.05, 0) is 30.2 Å². The fourth-order valence-electron chi connectivity index (χ4n) is 4.18. The van der Waals surface area contributed by atoms with Crippen molar-refractivity contribution in [1.82, 2.24) is 25.5 Å². The average molecular weight is 416 g/mol. The quantitative estimate of drug-likeness (QED) is 0.464. The minimum Gasteiger partial charge on any atom is -0.346 e. The highest BCUT2D eigenvalue weighted by Crippen LogP contribution is 2.30. The van der Waals surface area contributed by atoms with Crippen LogP contribution in [0.25, 0.3) is 21.9 Å². The van der Waals surface area contributed by atoms with Crippen LogP contribution in [0.2, 0.25) is 0 Å². The first-order valence-corrected chi connectivity index (χ1v) is 10.5. The van der Waals surface area contributed by atoms with Crippen molar-refractivity contribution in [1.29, 1.82) is 0 Å². The van der Waals surface area contributed by atoms with E-state index in [4.69, 9.17) is 0 Å². The van der Waals surface area contributed by atoms with Gasteiger partial charge in [-0.15, -0.1) is 0 Å². The van der Waals surface area contributed by atoms with Gasteiger partial charge in [0, 0.05) is 18.4 Å². The third-order valence-corrected chi connectivity index (χ3v) is 5.87. The zero-order chi connectivity index (χ0) is 21.5. The molecule has 8 heteroatoms. The molecule has 1 saturated heterocycles. The van der Waals surface area contributed by atoms with Gasteiger partial charge in [0.15, 0.2) is 5.82 Å². The third-order valence-electron chi connectivity index (χ3n) is 5.87. The molecule has 1 fully saturated rings. The van der Waals surface area contributed by atoms with Crippen LogP contribution in [0, 0.1) is 11.8 Å². The van der Waals surface area contributed by atoms with Crippen LogP contribution in [0.1, 0.15) is 32.1 Å². The molecular formula is C23H24N6O2. The maximum atomic E-state index is 13.1. The Bertz CT molecular complexity index is 1240. The molecule has 158 valence electrons. The van der Waals surface area contributed by atoms with Crippen molar-refractivity contribution in [2.24, 2.45) is 11.8 Å². The van der Waals surface area contributed by atoms with Crippen LogP contribution in [0.15, 0.2) is 48.5 Å². The fraction of sp³-hybridized carbons (Fsp3) is 0.304. The lowest BCUT2D eigenvalue weighted by Crippen LogP contribution is -2.38. The summed E-state index contributed by atoms with van der Waals surface area (Å²) in [6, 6.07) is 15.2. The highest BCUT2D eigenvalue weighted by Gasteiger charge is 2.38. The van der Waals surface area contributed by atoms with E-state index in [1.807, 2.05) is 62.4 Å². The molecule has 4 aromatic rings. The van der Waals surface area contributed by atoms with Gasteiger partial charge in [0.1, 0.15) is 5.82 Å². The van der Waals surface area contributed by atoms with Crippen molar-refractivity contribution in [3.8, 4) is 0 Å². The fourth-order valence-corrected chi connectivity index (χ4v) is 4.18. The normalized spacial score (nSPS) is 17.7. The van der Waals surface area contributed by atoms with Gasteiger partial charge in [-0.25, -0.2) is 4.98 Å². The molecule has 31 heavy (non-hydrogen) atoms. The maximum absolute atomic E-state index is 13.1. The van der Waals surface area contributed by atoms with E-state index >= 15 is 0 Å². The SMILES string of the molecule is CC(C)[C@H](NC(=O)[C@@H]1CC(=O)N(c2n[nH]c3ccccc23)C1)c1nc2ccccc2[nH]1. The number of aromatic nitrogens is 4. The number of carbonyl (C=O) groups is 2. The van der Waals surface area contributed by atoms with Gasteiger partial charge in [0.2, 0.25) is 11.8 Å². The molecule has 2 amide bonds. The van der Waals surface area contributed by atoms with Crippen LogP contribution in [0.5, 0.6) is 0 Å². The Balaban J connectivity index is 1.35. The van der Waals surface area contributed by atoms with Gasteiger partial charge >= 0.3 is 0 Å². The third kappa shape index (κ3) is 3.43. The average Bonchev–Trinajstić information content (AvgIpc) is 3.47. The zero-order valence-corrected chi connectivity index (χ0v) is 17.4. The van der Waals surface area contributed by atoms with Crippen molar-refractivity contribution >= 4 is 39.6 Å². The van der Waals surface area contributed by atoms with Gasteiger partial charge in [-0.1, -0.05) is 38.1 Å². The van der Waals surface area contributed by atoms with Gasteiger partial charge in [-0.3, -0.25) is 19.6 Å². The molecule has 5 rings (SSSR count). The summed E-state index contributed by atoms with van der Waals surface area (Å²) >= 11 is 0. The number of aromatic amines is 2. The number of para-hydroxylation sites is 3. The highest BCUT2D eigenvalue weighted by molar-refractivity contribution is 6.05. The Morgan fingerprint density at radius 1 is 1.13 bits per heavy atom. The monoisotopic (exact) mass is 416 g/mol. The van der Waals surface area contributed by atoms with E-state index in [0.717, 1.165) is 27.8 Å². The Labute approximate surface area is 179 Å². The van der Waals surface area contributed by atoms with Crippen molar-refractivity contribution in [3.05, 3.63) is 54.4 Å². The molecule has 0 unspecified atom stereocenters. The summed E-state index contributed by atoms with van der Waals surface area (Å²) in [6.07, 6.45) is 0.165. The molecule has 0 saturated carbocycles. The number of hydrogen-bond donors (Lipinski definition) is 3. The lowest BCUT2D eigenvalue weighted by molar-refractivity contribution is -0.127. The zero-order valence-electron chi connectivity index (χ0n) is 17.4. The Hall–Kier alpha value is -3.68. The number of nitrogens with one attached hydrogen (secondary N) is 3. The lowest BCUT2D eigenvalue weighted by atomic mass is 10.0. The van der Waals surface area contributed by atoms with Gasteiger partial charge < -0.3 is 10.3 Å². The first kappa shape index (κ1) is 19.3. The Kier molecular flexibility index (Phi) is 4.69. The van der Waals surface area contributed by atoms with Crippen molar-refractivity contribution in [3.63, 3.8) is 0 Å². The molecule has 0 spiro atoms. The number of anilines is 1. The Morgan fingerprint density at radius 2 is 1.87 bits per heavy atom. The largest absolute Gasteiger partial charge is 0.346 e. The molecule has 3 heterocycles. The number of H-pyrrole nitrogens is 2. The van der Waals surface area contributed by atoms with Crippen LogP contribution >= 0.6 is 0 Å². The van der Waals surface area contributed by atoms with Crippen LogP contribution < -0.4 is 10.2 Å². The molecule has 2 atom stereocenters. The summed E-state index contributed by atoms with van der Waals surface area (Å²) in [7, 11) is 0. The second-order valence-electron chi connectivity index (χ2n) is 8.37. The Morgan fingerprint density at radius 3 is 2.65 bits per heavy atom. The molecule has 0 bridgehead atoms. The first-order valence-electron chi connectivity index (χ1n) is 10.5. The number of benzene rings is 2. The second-order valence-corrected chi connectivity index (χ2v) is 8.37. The van der Waals surface area contributed by atoms with Crippen LogP contribution in [0.4, 0.5) is 5.82 Å². The smallest absolute Gasteiger partial charge is 0.229 e. The molecule has 1 aliphatic rings. The first-order chi connectivity index (χ1) is 15.0. The topological polar surface area (TPSA) is 107 Å². The number of hydrogen-bond acceptors (Lipinski definition) is 4. The summed E-state index contributed by atoms with van der Waals surface area (Å²) in [5.41, 5.74) is 2.66. The maximum Gasteiger partial charge on any atom is 0.229 e. The van der Waals surface area contributed by atoms with E-state index in [0.29, 0.717) is 12.4 Å². The number of carbonyl (C=O) groups excluding carboxylic acids is 2. The number of fused-ring (bicyclic) bond motifs is 2. The van der Waals surface area contributed by atoms with E-state index in [2.05, 4.69) is 25.5 Å². The molecular weight excluding hydrogens is 392 g/mol. The molecule has 1 aliphatic heterocycles. The van der Waals surface area contributed by atoms with Crippen LogP contribution in [-0.2, 0) is 9.59 Å². The molecule has 2 aromatic carbocycles. The number of nitrogens with zero attached hydrogens (tertiary/aromatic N) is 3. The summed E-state index contributed by atoms with van der Waals surface area (Å²) in [4.78, 5) is 35.4. The number of rotatable bonds is 5. The van der Waals surface area contributed by atoms with E-state index in [-0.39, 0.29) is 30.2 Å². The highest BCUT2D eigenvalue weighted by atomic mass is 16.2. The predicted molar refractivity (Wildman–Crippen MR) is 118 cm³/mol. The van der Waals surface area contributed by atoms with Crippen molar-refractivity contribution < 1.29 is 9.59 Å². The van der Waals surface area contributed by atoms with E-state index in [1.54, 1.807) is 4.90 Å². The van der Waals surface area contributed by atoms with Crippen LogP contribution in [0.3, 0.4) is 0 Å². The van der Waals surface area contributed by atoms with E-state index in [9.17, 15) is 9.59 Å². The predicted octanol–water partition coefficient (Wildman–Crippen LogP) is 3.31. The van der Waals surface area contributed by atoms with Gasteiger partial charge in [-0.2, -0.15) is 5.10 Å². The van der Waals surface area contributed by atoms with E-state index in [1.165, 1.54) is 0 Å². The molecule has 0 aliphatic carbocycles. The number of imidazole rings is 1. The van der Waals surface area contributed by atoms with Gasteiger partial charge in [0.25, 0.3) is 0 Å². The minimum atomic E-state index is -0.436. The molecule has 2 aromatic heterocycles. The van der Waals surface area contributed by atoms with Crippen molar-refractivity contribution in [2.75, 3.05) is 11.4 Å². The molecule has 0 radical (unpaired) electrons. The number of amides is 2. The second kappa shape index (κ2) is 7.54. The summed E-state index contributed by atoms with van der Waals surface area (Å²) < 4.78 is 0. The van der Waals surface area contributed by atoms with E-state index < -0.39 is 5.92 Å². The minimum absolute atomic E-state index is 0.0952. The van der Waals surface area contributed by atoms with Crippen molar-refractivity contribution in [2.45, 2.75) is 26.3 Å².